The maximum absolute atomic E-state index is 11.3. The third-order valence-electron chi connectivity index (χ3n) is 3.77. The molecule has 1 fully saturated rings. The van der Waals surface area contributed by atoms with E-state index in [-0.39, 0.29) is 11.7 Å². The largest absolute Gasteiger partial charge is 0.477 e. The van der Waals surface area contributed by atoms with E-state index < -0.39 is 11.7 Å². The van der Waals surface area contributed by atoms with E-state index in [1.165, 1.54) is 0 Å². The lowest BCUT2D eigenvalue weighted by molar-refractivity contribution is 0.0688. The number of rotatable bonds is 4. The first-order valence-electron chi connectivity index (χ1n) is 6.84. The molecule has 1 atom stereocenters. The van der Waals surface area contributed by atoms with Crippen LogP contribution in [0.5, 0.6) is 0 Å². The maximum Gasteiger partial charge on any atom is 0.354 e. The highest BCUT2D eigenvalue weighted by atomic mass is 16.4. The highest BCUT2D eigenvalue weighted by molar-refractivity contribution is 5.86. The molecule has 7 nitrogen and oxygen atoms in total. The molecule has 1 aliphatic heterocycles. The Morgan fingerprint density at radius 2 is 2.29 bits per heavy atom. The minimum Gasteiger partial charge on any atom is -0.477 e. The first-order valence-corrected chi connectivity index (χ1v) is 6.84. The van der Waals surface area contributed by atoms with Crippen molar-refractivity contribution < 1.29 is 9.90 Å². The van der Waals surface area contributed by atoms with Gasteiger partial charge in [-0.2, -0.15) is 0 Å². The monoisotopic (exact) mass is 288 g/mol. The normalized spacial score (nSPS) is 19.0. The van der Waals surface area contributed by atoms with Gasteiger partial charge in [-0.1, -0.05) is 6.07 Å². The molecule has 0 radical (unpaired) electrons. The molecule has 0 aromatic carbocycles. The third-order valence-corrected chi connectivity index (χ3v) is 3.77. The van der Waals surface area contributed by atoms with E-state index >= 15 is 0 Å². The molecule has 1 unspecified atom stereocenters. The van der Waals surface area contributed by atoms with E-state index in [1.807, 2.05) is 18.2 Å². The summed E-state index contributed by atoms with van der Waals surface area (Å²) in [6.45, 7) is 1.25. The Kier molecular flexibility index (Phi) is 3.57. The second-order valence-electron chi connectivity index (χ2n) is 5.12. The van der Waals surface area contributed by atoms with Crippen molar-refractivity contribution in [2.75, 3.05) is 6.54 Å². The lowest BCUT2D eigenvalue weighted by atomic mass is 10.1. The van der Waals surface area contributed by atoms with Crippen LogP contribution in [0.15, 0.2) is 29.2 Å². The molecule has 1 aliphatic rings. The lowest BCUT2D eigenvalue weighted by Gasteiger charge is -2.23. The first-order chi connectivity index (χ1) is 10.1. The van der Waals surface area contributed by atoms with Crippen LogP contribution in [-0.4, -0.2) is 37.5 Å². The fraction of sp³-hybridized carbons (Fsp3) is 0.357. The quantitative estimate of drug-likeness (QED) is 0.782. The van der Waals surface area contributed by atoms with Crippen LogP contribution in [0.25, 0.3) is 0 Å². The van der Waals surface area contributed by atoms with Gasteiger partial charge in [0.1, 0.15) is 5.69 Å². The van der Waals surface area contributed by atoms with Crippen LogP contribution in [0.1, 0.15) is 40.8 Å². The predicted octanol–water partition coefficient (Wildman–Crippen LogP) is 1.13. The fourth-order valence-corrected chi connectivity index (χ4v) is 2.85. The van der Waals surface area contributed by atoms with Crippen molar-refractivity contribution in [3.8, 4) is 0 Å². The first kappa shape index (κ1) is 13.6. The highest BCUT2D eigenvalue weighted by Crippen LogP contribution is 2.31. The van der Waals surface area contributed by atoms with Crippen LogP contribution in [0.3, 0.4) is 0 Å². The number of carbonyl (C=O) groups is 1. The molecule has 2 aromatic rings. The number of imidazole rings is 1. The molecule has 0 bridgehead atoms. The van der Waals surface area contributed by atoms with Crippen LogP contribution in [0, 0.1) is 0 Å². The SMILES string of the molecule is O=C(O)c1[nH]c(=O)[nH]c1CN1CCCC1c1ccccn1. The Hall–Kier alpha value is -2.41. The standard InChI is InChI=1S/C14H16N4O3/c19-13(20)12-10(16-14(21)17-12)8-18-7-3-5-11(18)9-4-1-2-6-15-9/h1-2,4,6,11H,3,5,7-8H2,(H,19,20)(H2,16,17,21). The predicted molar refractivity (Wildman–Crippen MR) is 75.0 cm³/mol. The Labute approximate surface area is 120 Å². The van der Waals surface area contributed by atoms with Crippen LogP contribution in [-0.2, 0) is 6.54 Å². The van der Waals surface area contributed by atoms with E-state index in [4.69, 9.17) is 5.11 Å². The molecule has 3 N–H and O–H groups in total. The number of aromatic amines is 2. The molecule has 0 spiro atoms. The van der Waals surface area contributed by atoms with E-state index in [0.717, 1.165) is 25.1 Å². The molecule has 110 valence electrons. The Morgan fingerprint density at radius 1 is 1.43 bits per heavy atom. The van der Waals surface area contributed by atoms with E-state index in [9.17, 15) is 9.59 Å². The molecule has 0 amide bonds. The average molecular weight is 288 g/mol. The second-order valence-corrected chi connectivity index (χ2v) is 5.12. The molecule has 0 aliphatic carbocycles. The minimum atomic E-state index is -1.13. The lowest BCUT2D eigenvalue weighted by Crippen LogP contribution is -2.24. The number of nitrogens with zero attached hydrogens (tertiary/aromatic N) is 2. The van der Waals surface area contributed by atoms with Crippen LogP contribution in [0.2, 0.25) is 0 Å². The summed E-state index contributed by atoms with van der Waals surface area (Å²) >= 11 is 0. The van der Waals surface area contributed by atoms with Crippen molar-refractivity contribution in [3.05, 3.63) is 52.0 Å². The smallest absolute Gasteiger partial charge is 0.354 e. The van der Waals surface area contributed by atoms with Crippen molar-refractivity contribution in [1.29, 1.82) is 0 Å². The van der Waals surface area contributed by atoms with E-state index in [2.05, 4.69) is 19.9 Å². The van der Waals surface area contributed by atoms with Gasteiger partial charge in [-0.15, -0.1) is 0 Å². The average Bonchev–Trinajstić information content (AvgIpc) is 3.07. The van der Waals surface area contributed by atoms with Gasteiger partial charge < -0.3 is 10.1 Å². The highest BCUT2D eigenvalue weighted by Gasteiger charge is 2.28. The van der Waals surface area contributed by atoms with Gasteiger partial charge in [0.2, 0.25) is 0 Å². The molecule has 2 aromatic heterocycles. The van der Waals surface area contributed by atoms with E-state index in [1.54, 1.807) is 6.20 Å². The zero-order valence-electron chi connectivity index (χ0n) is 11.4. The van der Waals surface area contributed by atoms with Crippen molar-refractivity contribution >= 4 is 5.97 Å². The summed E-state index contributed by atoms with van der Waals surface area (Å²) in [4.78, 5) is 33.9. The number of nitrogens with one attached hydrogen (secondary N) is 2. The van der Waals surface area contributed by atoms with Crippen molar-refractivity contribution in [2.24, 2.45) is 0 Å². The second kappa shape index (κ2) is 5.53. The number of likely N-dealkylation sites (tertiary alicyclic amines) is 1. The van der Waals surface area contributed by atoms with Gasteiger partial charge >= 0.3 is 11.7 Å². The summed E-state index contributed by atoms with van der Waals surface area (Å²) in [5, 5.41) is 9.11. The number of carboxylic acids is 1. The topological polar surface area (TPSA) is 102 Å². The number of hydrogen-bond acceptors (Lipinski definition) is 4. The number of aromatic carboxylic acids is 1. The molecular weight excluding hydrogens is 272 g/mol. The summed E-state index contributed by atoms with van der Waals surface area (Å²) in [6, 6.07) is 5.95. The van der Waals surface area contributed by atoms with Gasteiger partial charge in [0.15, 0.2) is 0 Å². The summed E-state index contributed by atoms with van der Waals surface area (Å²) in [5.41, 5.74) is 0.836. The van der Waals surface area contributed by atoms with Gasteiger partial charge in [-0.25, -0.2) is 9.59 Å². The van der Waals surface area contributed by atoms with Gasteiger partial charge in [-0.05, 0) is 31.5 Å². The van der Waals surface area contributed by atoms with Crippen molar-refractivity contribution in [1.82, 2.24) is 19.9 Å². The zero-order valence-corrected chi connectivity index (χ0v) is 11.4. The molecule has 21 heavy (non-hydrogen) atoms. The third kappa shape index (κ3) is 2.73. The number of pyridine rings is 1. The molecule has 1 saturated heterocycles. The summed E-state index contributed by atoms with van der Waals surface area (Å²) in [7, 11) is 0. The van der Waals surface area contributed by atoms with Gasteiger partial charge in [-0.3, -0.25) is 14.9 Å². The van der Waals surface area contributed by atoms with Gasteiger partial charge in [0.25, 0.3) is 0 Å². The summed E-state index contributed by atoms with van der Waals surface area (Å²) in [5.74, 6) is -1.13. The zero-order chi connectivity index (χ0) is 14.8. The number of H-pyrrole nitrogens is 2. The minimum absolute atomic E-state index is 0.0633. The summed E-state index contributed by atoms with van der Waals surface area (Å²) < 4.78 is 0. The van der Waals surface area contributed by atoms with Crippen molar-refractivity contribution in [2.45, 2.75) is 25.4 Å². The molecule has 7 heteroatoms. The van der Waals surface area contributed by atoms with Gasteiger partial charge in [0, 0.05) is 12.7 Å². The Balaban J connectivity index is 1.84. The van der Waals surface area contributed by atoms with Crippen LogP contribution < -0.4 is 5.69 Å². The van der Waals surface area contributed by atoms with Gasteiger partial charge in [0.05, 0.1) is 17.4 Å². The van der Waals surface area contributed by atoms with Crippen molar-refractivity contribution in [3.63, 3.8) is 0 Å². The van der Waals surface area contributed by atoms with E-state index in [0.29, 0.717) is 12.2 Å². The molecule has 3 heterocycles. The maximum atomic E-state index is 11.3. The number of carboxylic acid groups (broad SMARTS) is 1. The Morgan fingerprint density at radius 3 is 3.00 bits per heavy atom. The molecule has 0 saturated carbocycles. The number of hydrogen-bond donors (Lipinski definition) is 3. The summed E-state index contributed by atoms with van der Waals surface area (Å²) in [6.07, 6.45) is 3.76. The Bertz CT molecular complexity index is 692. The van der Waals surface area contributed by atoms with Crippen LogP contribution >= 0.6 is 0 Å². The van der Waals surface area contributed by atoms with Crippen LogP contribution in [0.4, 0.5) is 0 Å². The number of aromatic nitrogens is 3. The molecule has 3 rings (SSSR count). The fourth-order valence-electron chi connectivity index (χ4n) is 2.85. The molecular formula is C14H16N4O3.